The fourth-order valence-electron chi connectivity index (χ4n) is 4.74. The van der Waals surface area contributed by atoms with Crippen molar-refractivity contribution in [2.24, 2.45) is 5.92 Å². The molecule has 164 valence electrons. The summed E-state index contributed by atoms with van der Waals surface area (Å²) in [6, 6.07) is 4.96. The summed E-state index contributed by atoms with van der Waals surface area (Å²) < 4.78 is 0. The van der Waals surface area contributed by atoms with Crippen LogP contribution in [0.1, 0.15) is 39.0 Å². The molecule has 4 rings (SSSR count). The minimum atomic E-state index is -1.25. The number of carbonyl (C=O) groups is 4. The Kier molecular flexibility index (Phi) is 4.79. The molecule has 3 heterocycles. The average molecular weight is 426 g/mol. The number of fused-ring (bicyclic) bond motifs is 5. The van der Waals surface area contributed by atoms with Gasteiger partial charge >= 0.3 is 12.0 Å². The van der Waals surface area contributed by atoms with Crippen molar-refractivity contribution >= 4 is 34.7 Å². The standard InChI is InChI=1S/C22H26N4O5/c1-11(2)16(18(27)23-12(3)19(28)29)26-20(30)22(4)17-14(9-10-25(22)21(26)31)13-7-5-6-8-15(13)24-17/h5-8,11-12,16,24H,9-10H2,1-4H3,(H,23,27)(H,28,29)/t12-,16-,22-/m0/s1. The first-order chi connectivity index (χ1) is 14.6. The van der Waals surface area contributed by atoms with Crippen LogP contribution in [0, 0.1) is 5.92 Å². The van der Waals surface area contributed by atoms with E-state index >= 15 is 0 Å². The SMILES string of the molecule is CC(C)[C@@H](C(=O)N[C@@H](C)C(=O)O)N1C(=O)N2CCc3c([nH]c4ccccc34)[C@@]2(C)C1=O. The molecule has 3 N–H and O–H groups in total. The van der Waals surface area contributed by atoms with Gasteiger partial charge in [-0.25, -0.2) is 9.69 Å². The van der Waals surface area contributed by atoms with E-state index in [1.165, 1.54) is 11.8 Å². The van der Waals surface area contributed by atoms with E-state index in [2.05, 4.69) is 10.3 Å². The molecule has 0 unspecified atom stereocenters. The molecule has 0 saturated carbocycles. The molecule has 4 amide bonds. The van der Waals surface area contributed by atoms with Crippen LogP contribution in [0.5, 0.6) is 0 Å². The number of aliphatic carboxylic acids is 1. The van der Waals surface area contributed by atoms with E-state index in [9.17, 15) is 19.2 Å². The third-order valence-electron chi connectivity index (χ3n) is 6.41. The molecule has 1 aromatic heterocycles. The number of aromatic amines is 1. The van der Waals surface area contributed by atoms with Crippen LogP contribution >= 0.6 is 0 Å². The topological polar surface area (TPSA) is 123 Å². The molecule has 3 atom stereocenters. The zero-order chi connectivity index (χ0) is 22.7. The number of amides is 4. The first-order valence-electron chi connectivity index (χ1n) is 10.4. The summed E-state index contributed by atoms with van der Waals surface area (Å²) in [7, 11) is 0. The molecule has 0 bridgehead atoms. The van der Waals surface area contributed by atoms with Crippen LogP contribution in [0.4, 0.5) is 4.79 Å². The van der Waals surface area contributed by atoms with Crippen molar-refractivity contribution in [1.29, 1.82) is 0 Å². The lowest BCUT2D eigenvalue weighted by molar-refractivity contribution is -0.144. The van der Waals surface area contributed by atoms with E-state index in [-0.39, 0.29) is 0 Å². The smallest absolute Gasteiger partial charge is 0.328 e. The maximum absolute atomic E-state index is 13.7. The summed E-state index contributed by atoms with van der Waals surface area (Å²) in [6.07, 6.45) is 0.594. The van der Waals surface area contributed by atoms with Gasteiger partial charge in [-0.3, -0.25) is 14.4 Å². The Bertz CT molecular complexity index is 1110. The predicted molar refractivity (Wildman–Crippen MR) is 112 cm³/mol. The minimum Gasteiger partial charge on any atom is -0.480 e. The fourth-order valence-corrected chi connectivity index (χ4v) is 4.74. The number of hydrogen-bond acceptors (Lipinski definition) is 4. The summed E-state index contributed by atoms with van der Waals surface area (Å²) in [6.45, 7) is 6.85. The van der Waals surface area contributed by atoms with Crippen LogP contribution in [0.25, 0.3) is 10.9 Å². The highest BCUT2D eigenvalue weighted by Crippen LogP contribution is 2.45. The van der Waals surface area contributed by atoms with Gasteiger partial charge in [-0.2, -0.15) is 0 Å². The zero-order valence-electron chi connectivity index (χ0n) is 17.9. The maximum Gasteiger partial charge on any atom is 0.328 e. The molecular weight excluding hydrogens is 400 g/mol. The van der Waals surface area contributed by atoms with Crippen LogP contribution in [-0.2, 0) is 26.3 Å². The minimum absolute atomic E-state index is 0.352. The fraction of sp³-hybridized carbons (Fsp3) is 0.455. The number of aromatic nitrogens is 1. The normalized spacial score (nSPS) is 22.5. The molecule has 2 aliphatic heterocycles. The summed E-state index contributed by atoms with van der Waals surface area (Å²) in [5.41, 5.74) is 1.31. The lowest BCUT2D eigenvalue weighted by atomic mass is 9.86. The van der Waals surface area contributed by atoms with Crippen molar-refractivity contribution in [2.45, 2.75) is 51.7 Å². The molecule has 9 heteroatoms. The van der Waals surface area contributed by atoms with Gasteiger partial charge in [-0.05, 0) is 37.8 Å². The number of carboxylic acids is 1. The van der Waals surface area contributed by atoms with Gasteiger partial charge in [0.2, 0.25) is 5.91 Å². The van der Waals surface area contributed by atoms with Crippen LogP contribution in [-0.4, -0.2) is 62.3 Å². The van der Waals surface area contributed by atoms with Crippen molar-refractivity contribution in [3.05, 3.63) is 35.5 Å². The second-order valence-electron chi connectivity index (χ2n) is 8.71. The Hall–Kier alpha value is -3.36. The second-order valence-corrected chi connectivity index (χ2v) is 8.71. The molecule has 2 aliphatic rings. The van der Waals surface area contributed by atoms with Gasteiger partial charge in [0, 0.05) is 17.4 Å². The number of urea groups is 1. The quantitative estimate of drug-likeness (QED) is 0.630. The highest BCUT2D eigenvalue weighted by molar-refractivity contribution is 6.11. The van der Waals surface area contributed by atoms with Crippen molar-refractivity contribution < 1.29 is 24.3 Å². The van der Waals surface area contributed by atoms with Gasteiger partial charge < -0.3 is 20.3 Å². The van der Waals surface area contributed by atoms with E-state index in [4.69, 9.17) is 5.11 Å². The maximum atomic E-state index is 13.7. The van der Waals surface area contributed by atoms with Gasteiger partial charge in [-0.1, -0.05) is 32.0 Å². The van der Waals surface area contributed by atoms with Gasteiger partial charge in [0.1, 0.15) is 12.1 Å². The monoisotopic (exact) mass is 426 g/mol. The highest BCUT2D eigenvalue weighted by atomic mass is 16.4. The van der Waals surface area contributed by atoms with Gasteiger partial charge in [0.25, 0.3) is 5.91 Å². The van der Waals surface area contributed by atoms with E-state index in [0.29, 0.717) is 18.7 Å². The van der Waals surface area contributed by atoms with Crippen LogP contribution < -0.4 is 5.32 Å². The van der Waals surface area contributed by atoms with Crippen molar-refractivity contribution in [3.8, 4) is 0 Å². The second kappa shape index (κ2) is 7.11. The number of nitrogens with one attached hydrogen (secondary N) is 2. The Morgan fingerprint density at radius 1 is 1.19 bits per heavy atom. The highest BCUT2D eigenvalue weighted by Gasteiger charge is 2.61. The Labute approximate surface area is 179 Å². The Morgan fingerprint density at radius 3 is 2.52 bits per heavy atom. The van der Waals surface area contributed by atoms with Gasteiger partial charge in [-0.15, -0.1) is 0 Å². The lowest BCUT2D eigenvalue weighted by Crippen LogP contribution is -2.55. The molecule has 2 aromatic rings. The van der Waals surface area contributed by atoms with E-state index in [0.717, 1.165) is 21.4 Å². The number of nitrogens with zero attached hydrogens (tertiary/aromatic N) is 2. The molecule has 31 heavy (non-hydrogen) atoms. The number of benzene rings is 1. The van der Waals surface area contributed by atoms with E-state index in [1.807, 2.05) is 24.3 Å². The molecule has 1 aromatic carbocycles. The van der Waals surface area contributed by atoms with Crippen molar-refractivity contribution in [2.75, 3.05) is 6.54 Å². The first-order valence-corrected chi connectivity index (χ1v) is 10.4. The molecule has 1 fully saturated rings. The zero-order valence-corrected chi connectivity index (χ0v) is 17.9. The Balaban J connectivity index is 1.77. The number of carbonyl (C=O) groups excluding carboxylic acids is 3. The first kappa shape index (κ1) is 20.9. The summed E-state index contributed by atoms with van der Waals surface area (Å²) in [5.74, 6) is -2.74. The molecule has 0 radical (unpaired) electrons. The molecule has 9 nitrogen and oxygen atoms in total. The van der Waals surface area contributed by atoms with E-state index < -0.39 is 47.4 Å². The van der Waals surface area contributed by atoms with Crippen LogP contribution in [0.3, 0.4) is 0 Å². The molecule has 0 aliphatic carbocycles. The largest absolute Gasteiger partial charge is 0.480 e. The molecular formula is C22H26N4O5. The van der Waals surface area contributed by atoms with E-state index in [1.54, 1.807) is 20.8 Å². The van der Waals surface area contributed by atoms with Gasteiger partial charge in [0.15, 0.2) is 5.54 Å². The van der Waals surface area contributed by atoms with Crippen LogP contribution in [0.15, 0.2) is 24.3 Å². The summed E-state index contributed by atoms with van der Waals surface area (Å²) >= 11 is 0. The molecule has 0 spiro atoms. The van der Waals surface area contributed by atoms with Crippen molar-refractivity contribution in [3.63, 3.8) is 0 Å². The summed E-state index contributed by atoms with van der Waals surface area (Å²) in [4.78, 5) is 57.1. The van der Waals surface area contributed by atoms with Crippen molar-refractivity contribution in [1.82, 2.24) is 20.1 Å². The lowest BCUT2D eigenvalue weighted by Gasteiger charge is -2.36. The summed E-state index contributed by atoms with van der Waals surface area (Å²) in [5, 5.41) is 12.6. The number of hydrogen-bond donors (Lipinski definition) is 3. The van der Waals surface area contributed by atoms with Crippen LogP contribution in [0.2, 0.25) is 0 Å². The average Bonchev–Trinajstić information content (AvgIpc) is 3.18. The van der Waals surface area contributed by atoms with Gasteiger partial charge in [0.05, 0.1) is 5.69 Å². The molecule has 1 saturated heterocycles. The number of rotatable bonds is 5. The predicted octanol–water partition coefficient (Wildman–Crippen LogP) is 1.82. The number of para-hydroxylation sites is 1. The number of carboxylic acid groups (broad SMARTS) is 1. The number of imide groups is 1. The third kappa shape index (κ3) is 2.90. The number of H-pyrrole nitrogens is 1. The Morgan fingerprint density at radius 2 is 1.87 bits per heavy atom. The third-order valence-corrected chi connectivity index (χ3v) is 6.41.